The zero-order chi connectivity index (χ0) is 17.8. The molecule has 4 rings (SSSR count). The van der Waals surface area contributed by atoms with Crippen LogP contribution < -0.4 is 4.74 Å². The van der Waals surface area contributed by atoms with Gasteiger partial charge in [-0.1, -0.05) is 18.2 Å². The molecule has 1 saturated heterocycles. The topological polar surface area (TPSA) is 56.1 Å². The van der Waals surface area contributed by atoms with Crippen LogP contribution in [0.5, 0.6) is 6.01 Å². The maximum absolute atomic E-state index is 5.90. The summed E-state index contributed by atoms with van der Waals surface area (Å²) in [5.74, 6) is 0. The van der Waals surface area contributed by atoms with Crippen molar-refractivity contribution < 1.29 is 4.74 Å². The summed E-state index contributed by atoms with van der Waals surface area (Å²) in [5.41, 5.74) is 3.22. The number of aryl methyl sites for hydroxylation is 1. The Morgan fingerprint density at radius 1 is 1.04 bits per heavy atom. The van der Waals surface area contributed by atoms with Crippen molar-refractivity contribution in [3.05, 3.63) is 66.2 Å². The molecule has 0 atom stereocenters. The van der Waals surface area contributed by atoms with E-state index in [0.29, 0.717) is 6.01 Å². The van der Waals surface area contributed by atoms with Crippen LogP contribution in [-0.4, -0.2) is 43.8 Å². The summed E-state index contributed by atoms with van der Waals surface area (Å²) in [6, 6.07) is 12.8. The molecule has 0 amide bonds. The van der Waals surface area contributed by atoms with Gasteiger partial charge in [0.25, 0.3) is 0 Å². The molecule has 6 heteroatoms. The first kappa shape index (κ1) is 16.7. The predicted molar refractivity (Wildman–Crippen MR) is 99.3 cm³/mol. The molecule has 2 aromatic heterocycles. The molecule has 134 valence electrons. The third-order valence-corrected chi connectivity index (χ3v) is 4.61. The molecule has 26 heavy (non-hydrogen) atoms. The van der Waals surface area contributed by atoms with Crippen molar-refractivity contribution in [3.8, 4) is 11.7 Å². The highest BCUT2D eigenvalue weighted by Crippen LogP contribution is 2.17. The highest BCUT2D eigenvalue weighted by Gasteiger charge is 2.22. The van der Waals surface area contributed by atoms with Gasteiger partial charge < -0.3 is 4.74 Å². The zero-order valence-corrected chi connectivity index (χ0v) is 15.0. The molecule has 0 saturated carbocycles. The van der Waals surface area contributed by atoms with E-state index in [1.165, 1.54) is 0 Å². The van der Waals surface area contributed by atoms with Gasteiger partial charge in [-0.25, -0.2) is 14.6 Å². The highest BCUT2D eigenvalue weighted by molar-refractivity contribution is 5.30. The molecule has 6 nitrogen and oxygen atoms in total. The summed E-state index contributed by atoms with van der Waals surface area (Å²) < 4.78 is 7.83. The summed E-state index contributed by atoms with van der Waals surface area (Å²) >= 11 is 0. The number of benzene rings is 1. The summed E-state index contributed by atoms with van der Waals surface area (Å²) in [6.07, 6.45) is 7.76. The van der Waals surface area contributed by atoms with Gasteiger partial charge in [-0.2, -0.15) is 5.10 Å². The van der Waals surface area contributed by atoms with E-state index in [1.54, 1.807) is 12.4 Å². The zero-order valence-electron chi connectivity index (χ0n) is 15.0. The van der Waals surface area contributed by atoms with Crippen LogP contribution in [0.2, 0.25) is 0 Å². The lowest BCUT2D eigenvalue weighted by atomic mass is 10.1. The monoisotopic (exact) mass is 349 g/mol. The molecule has 1 aromatic carbocycles. The normalized spacial score (nSPS) is 15.9. The van der Waals surface area contributed by atoms with Crippen molar-refractivity contribution in [2.45, 2.75) is 32.4 Å². The van der Waals surface area contributed by atoms with Crippen LogP contribution >= 0.6 is 0 Å². The fraction of sp³-hybridized carbons (Fsp3) is 0.350. The second kappa shape index (κ2) is 7.66. The Kier molecular flexibility index (Phi) is 4.93. The maximum atomic E-state index is 5.90. The first-order valence-electron chi connectivity index (χ1n) is 9.04. The standard InChI is InChI=1S/C20H23N5O/c1-16-13-21-20(22-14-16)26-19-8-10-24(11-9-19)15-17-7-12-25(23-17)18-5-3-2-4-6-18/h2-7,12-14,19H,8-11,15H2,1H3. The minimum atomic E-state index is 0.191. The fourth-order valence-corrected chi connectivity index (χ4v) is 3.18. The number of hydrogen-bond donors (Lipinski definition) is 0. The van der Waals surface area contributed by atoms with E-state index in [9.17, 15) is 0 Å². The lowest BCUT2D eigenvalue weighted by Gasteiger charge is -2.31. The van der Waals surface area contributed by atoms with Crippen LogP contribution in [0, 0.1) is 6.92 Å². The van der Waals surface area contributed by atoms with Crippen molar-refractivity contribution in [3.63, 3.8) is 0 Å². The molecular weight excluding hydrogens is 326 g/mol. The summed E-state index contributed by atoms with van der Waals surface area (Å²) in [6.45, 7) is 4.83. The quantitative estimate of drug-likeness (QED) is 0.709. The van der Waals surface area contributed by atoms with E-state index in [1.807, 2.05) is 36.0 Å². The van der Waals surface area contributed by atoms with E-state index in [0.717, 1.165) is 49.4 Å². The van der Waals surface area contributed by atoms with Crippen LogP contribution in [0.3, 0.4) is 0 Å². The third kappa shape index (κ3) is 4.08. The average molecular weight is 349 g/mol. The van der Waals surface area contributed by atoms with Crippen molar-refractivity contribution in [1.82, 2.24) is 24.6 Å². The molecule has 0 aliphatic carbocycles. The smallest absolute Gasteiger partial charge is 0.316 e. The molecule has 0 N–H and O–H groups in total. The van der Waals surface area contributed by atoms with Gasteiger partial charge in [0.2, 0.25) is 0 Å². The minimum absolute atomic E-state index is 0.191. The molecular formula is C20H23N5O. The summed E-state index contributed by atoms with van der Waals surface area (Å²) in [4.78, 5) is 10.9. The molecule has 1 aliphatic heterocycles. The Bertz CT molecular complexity index is 823. The second-order valence-corrected chi connectivity index (χ2v) is 6.72. The molecule has 0 spiro atoms. The van der Waals surface area contributed by atoms with Gasteiger partial charge in [-0.15, -0.1) is 0 Å². The van der Waals surface area contributed by atoms with Gasteiger partial charge in [-0.3, -0.25) is 4.90 Å². The molecule has 0 bridgehead atoms. The Labute approximate surface area is 153 Å². The van der Waals surface area contributed by atoms with Crippen LogP contribution in [0.25, 0.3) is 5.69 Å². The van der Waals surface area contributed by atoms with Gasteiger partial charge in [0, 0.05) is 38.2 Å². The number of hydrogen-bond acceptors (Lipinski definition) is 5. The Hall–Kier alpha value is -2.73. The number of rotatable bonds is 5. The van der Waals surface area contributed by atoms with Crippen molar-refractivity contribution in [1.29, 1.82) is 0 Å². The van der Waals surface area contributed by atoms with Crippen molar-refractivity contribution >= 4 is 0 Å². The van der Waals surface area contributed by atoms with E-state index in [-0.39, 0.29) is 6.10 Å². The molecule has 0 radical (unpaired) electrons. The van der Waals surface area contributed by atoms with Crippen molar-refractivity contribution in [2.75, 3.05) is 13.1 Å². The van der Waals surface area contributed by atoms with E-state index < -0.39 is 0 Å². The fourth-order valence-electron chi connectivity index (χ4n) is 3.18. The predicted octanol–water partition coefficient (Wildman–Crippen LogP) is 3.01. The first-order valence-corrected chi connectivity index (χ1v) is 9.04. The van der Waals surface area contributed by atoms with Crippen LogP contribution in [-0.2, 0) is 6.54 Å². The maximum Gasteiger partial charge on any atom is 0.316 e. The lowest BCUT2D eigenvalue weighted by Crippen LogP contribution is -2.38. The highest BCUT2D eigenvalue weighted by atomic mass is 16.5. The molecule has 1 fully saturated rings. The van der Waals surface area contributed by atoms with Gasteiger partial charge in [0.05, 0.1) is 11.4 Å². The average Bonchev–Trinajstić information content (AvgIpc) is 3.14. The number of likely N-dealkylation sites (tertiary alicyclic amines) is 1. The molecule has 0 unspecified atom stereocenters. The van der Waals surface area contributed by atoms with Gasteiger partial charge >= 0.3 is 6.01 Å². The van der Waals surface area contributed by atoms with Crippen LogP contribution in [0.1, 0.15) is 24.1 Å². The number of nitrogens with zero attached hydrogens (tertiary/aromatic N) is 5. The molecule has 3 aromatic rings. The Morgan fingerprint density at radius 3 is 2.50 bits per heavy atom. The number of piperidine rings is 1. The Balaban J connectivity index is 1.29. The minimum Gasteiger partial charge on any atom is -0.460 e. The third-order valence-electron chi connectivity index (χ3n) is 4.61. The first-order chi connectivity index (χ1) is 12.8. The largest absolute Gasteiger partial charge is 0.460 e. The number of ether oxygens (including phenoxy) is 1. The van der Waals surface area contributed by atoms with E-state index in [2.05, 4.69) is 33.1 Å². The van der Waals surface area contributed by atoms with Gasteiger partial charge in [0.15, 0.2) is 0 Å². The van der Waals surface area contributed by atoms with Gasteiger partial charge in [-0.05, 0) is 43.5 Å². The molecule has 3 heterocycles. The van der Waals surface area contributed by atoms with Crippen molar-refractivity contribution in [2.24, 2.45) is 0 Å². The van der Waals surface area contributed by atoms with E-state index >= 15 is 0 Å². The Morgan fingerprint density at radius 2 is 1.77 bits per heavy atom. The number of para-hydroxylation sites is 1. The molecule has 1 aliphatic rings. The van der Waals surface area contributed by atoms with E-state index in [4.69, 9.17) is 9.84 Å². The van der Waals surface area contributed by atoms with Crippen LogP contribution in [0.4, 0.5) is 0 Å². The number of aromatic nitrogens is 4. The lowest BCUT2D eigenvalue weighted by molar-refractivity contribution is 0.0885. The SMILES string of the molecule is Cc1cnc(OC2CCN(Cc3ccn(-c4ccccc4)n3)CC2)nc1. The summed E-state index contributed by atoms with van der Waals surface area (Å²) in [7, 11) is 0. The summed E-state index contributed by atoms with van der Waals surface area (Å²) in [5, 5.41) is 4.69. The van der Waals surface area contributed by atoms with Gasteiger partial charge in [0.1, 0.15) is 6.10 Å². The van der Waals surface area contributed by atoms with Crippen LogP contribution in [0.15, 0.2) is 55.0 Å². The second-order valence-electron chi connectivity index (χ2n) is 6.72.